The van der Waals surface area contributed by atoms with Gasteiger partial charge in [0.15, 0.2) is 0 Å². The number of rotatable bonds is 12. The molecule has 0 N–H and O–H groups in total. The molecule has 0 amide bonds. The zero-order valence-electron chi connectivity index (χ0n) is 24.4. The van der Waals surface area contributed by atoms with Gasteiger partial charge in [-0.15, -0.1) is 0 Å². The minimum atomic E-state index is -1.28. The van der Waals surface area contributed by atoms with Crippen LogP contribution in [0.3, 0.4) is 0 Å². The molecule has 4 fully saturated rings. The maximum atomic E-state index is 15.3. The third-order valence-electron chi connectivity index (χ3n) is 11.1. The predicted molar refractivity (Wildman–Crippen MR) is 150 cm³/mol. The smallest absolute Gasteiger partial charge is 0.134 e. The molecule has 0 aromatic rings. The predicted octanol–water partition coefficient (Wildman–Crippen LogP) is 9.58. The van der Waals surface area contributed by atoms with Crippen molar-refractivity contribution >= 4 is 0 Å². The van der Waals surface area contributed by atoms with Crippen LogP contribution in [0.4, 0.5) is 13.2 Å². The van der Waals surface area contributed by atoms with Crippen molar-refractivity contribution in [2.45, 2.75) is 160 Å². The summed E-state index contributed by atoms with van der Waals surface area (Å²) in [5, 5.41) is 0. The van der Waals surface area contributed by atoms with Gasteiger partial charge in [-0.1, -0.05) is 39.0 Å². The van der Waals surface area contributed by atoms with Crippen molar-refractivity contribution < 1.29 is 22.6 Å². The average Bonchev–Trinajstić information content (AvgIpc) is 2.93. The molecule has 0 aromatic carbocycles. The van der Waals surface area contributed by atoms with Gasteiger partial charge in [-0.05, 0) is 119 Å². The van der Waals surface area contributed by atoms with E-state index >= 15 is 8.78 Å². The normalized spacial score (nSPS) is 42.7. The van der Waals surface area contributed by atoms with Crippen LogP contribution < -0.4 is 0 Å². The lowest BCUT2D eigenvalue weighted by atomic mass is 9.67. The summed E-state index contributed by atoms with van der Waals surface area (Å²) in [5.41, 5.74) is 0. The first-order chi connectivity index (χ1) is 18.5. The van der Waals surface area contributed by atoms with E-state index in [0.29, 0.717) is 36.9 Å². The van der Waals surface area contributed by atoms with E-state index in [9.17, 15) is 4.39 Å². The second-order valence-corrected chi connectivity index (χ2v) is 13.4. The summed E-state index contributed by atoms with van der Waals surface area (Å²) in [5.74, 6) is 1.59. The zero-order valence-corrected chi connectivity index (χ0v) is 24.4. The van der Waals surface area contributed by atoms with Crippen molar-refractivity contribution in [3.8, 4) is 0 Å². The van der Waals surface area contributed by atoms with Gasteiger partial charge in [0.25, 0.3) is 0 Å². The summed E-state index contributed by atoms with van der Waals surface area (Å²) >= 11 is 0. The molecule has 4 rings (SSSR count). The molecule has 4 saturated carbocycles. The Hall–Kier alpha value is -0.290. The first kappa shape index (κ1) is 30.7. The molecule has 222 valence electrons. The van der Waals surface area contributed by atoms with Gasteiger partial charge in [0.05, 0.1) is 12.2 Å². The van der Waals surface area contributed by atoms with Crippen molar-refractivity contribution in [2.24, 2.45) is 35.5 Å². The van der Waals surface area contributed by atoms with E-state index in [1.165, 1.54) is 12.8 Å². The first-order valence-electron chi connectivity index (χ1n) is 16.6. The minimum absolute atomic E-state index is 0.0870. The SMILES string of the molecule is CCCCOC1CCC(C2CC[C@H](CCCC3CCC(C4CCC(OCC)CC4F)CC3)C(F)C2F)CC1. The highest BCUT2D eigenvalue weighted by molar-refractivity contribution is 4.93. The Bertz CT molecular complexity index is 646. The number of hydrogen-bond acceptors (Lipinski definition) is 2. The fourth-order valence-electron chi connectivity index (χ4n) is 8.69. The molecule has 6 unspecified atom stereocenters. The quantitative estimate of drug-likeness (QED) is 0.229. The van der Waals surface area contributed by atoms with E-state index in [4.69, 9.17) is 9.47 Å². The average molecular weight is 543 g/mol. The second-order valence-electron chi connectivity index (χ2n) is 13.4. The van der Waals surface area contributed by atoms with Gasteiger partial charge in [0.1, 0.15) is 18.5 Å². The molecule has 4 aliphatic carbocycles. The number of unbranched alkanes of at least 4 members (excludes halogenated alkanes) is 1. The van der Waals surface area contributed by atoms with Crippen LogP contribution >= 0.6 is 0 Å². The summed E-state index contributed by atoms with van der Waals surface area (Å²) < 4.78 is 57.0. The Balaban J connectivity index is 1.10. The fraction of sp³-hybridized carbons (Fsp3) is 1.00. The molecule has 0 spiro atoms. The van der Waals surface area contributed by atoms with Crippen molar-refractivity contribution in [1.82, 2.24) is 0 Å². The molecule has 0 radical (unpaired) electrons. The molecule has 7 atom stereocenters. The van der Waals surface area contributed by atoms with Gasteiger partial charge in [-0.25, -0.2) is 13.2 Å². The van der Waals surface area contributed by atoms with Crippen molar-refractivity contribution in [1.29, 1.82) is 0 Å². The summed E-state index contributed by atoms with van der Waals surface area (Å²) in [4.78, 5) is 0. The van der Waals surface area contributed by atoms with E-state index in [2.05, 4.69) is 6.92 Å². The van der Waals surface area contributed by atoms with Gasteiger partial charge in [-0.2, -0.15) is 0 Å². The topological polar surface area (TPSA) is 18.5 Å². The highest BCUT2D eigenvalue weighted by Crippen LogP contribution is 2.46. The van der Waals surface area contributed by atoms with Crippen LogP contribution in [0.5, 0.6) is 0 Å². The van der Waals surface area contributed by atoms with Gasteiger partial charge in [-0.3, -0.25) is 0 Å². The molecule has 0 bridgehead atoms. The third kappa shape index (κ3) is 8.37. The number of hydrogen-bond donors (Lipinski definition) is 0. The number of alkyl halides is 3. The van der Waals surface area contributed by atoms with E-state index in [1.54, 1.807) is 0 Å². The van der Waals surface area contributed by atoms with Crippen LogP contribution in [-0.4, -0.2) is 43.9 Å². The van der Waals surface area contributed by atoms with Crippen molar-refractivity contribution in [3.63, 3.8) is 0 Å². The van der Waals surface area contributed by atoms with Crippen LogP contribution in [0.15, 0.2) is 0 Å². The zero-order chi connectivity index (χ0) is 26.9. The van der Waals surface area contributed by atoms with Crippen molar-refractivity contribution in [3.05, 3.63) is 0 Å². The molecule has 4 aliphatic rings. The van der Waals surface area contributed by atoms with Crippen molar-refractivity contribution in [2.75, 3.05) is 13.2 Å². The lowest BCUT2D eigenvalue weighted by Crippen LogP contribution is -2.42. The maximum Gasteiger partial charge on any atom is 0.134 e. The van der Waals surface area contributed by atoms with Crippen LogP contribution in [-0.2, 0) is 9.47 Å². The molecular formula is C33H57F3O2. The van der Waals surface area contributed by atoms with Gasteiger partial charge >= 0.3 is 0 Å². The Morgan fingerprint density at radius 1 is 0.605 bits per heavy atom. The molecule has 0 aromatic heterocycles. The summed E-state index contributed by atoms with van der Waals surface area (Å²) in [6.45, 7) is 5.69. The van der Waals surface area contributed by atoms with E-state index in [1.807, 2.05) is 6.92 Å². The summed E-state index contributed by atoms with van der Waals surface area (Å²) in [6.07, 6.45) is 15.4. The van der Waals surface area contributed by atoms with Crippen LogP contribution in [0.2, 0.25) is 0 Å². The minimum Gasteiger partial charge on any atom is -0.378 e. The number of halogens is 3. The highest BCUT2D eigenvalue weighted by Gasteiger charge is 2.44. The maximum absolute atomic E-state index is 15.3. The summed E-state index contributed by atoms with van der Waals surface area (Å²) in [7, 11) is 0. The molecule has 2 nitrogen and oxygen atoms in total. The Morgan fingerprint density at radius 2 is 1.26 bits per heavy atom. The Labute approximate surface area is 231 Å². The standard InChI is InChI=1S/C33H57F3O2/c1-3-5-21-38-27-16-13-25(14-17-27)30-19-15-26(32(35)33(30)36)8-6-7-23-9-11-24(12-10-23)29-20-18-28(37-4-2)22-31(29)34/h23-33H,3-22H2,1-2H3/t23?,24?,25?,26-,27?,28?,29?,30?,31?,32?,33?/m0/s1. The number of ether oxygens (including phenoxy) is 2. The molecule has 0 aliphatic heterocycles. The van der Waals surface area contributed by atoms with E-state index in [-0.39, 0.29) is 23.9 Å². The molecule has 5 heteroatoms. The van der Waals surface area contributed by atoms with Crippen LogP contribution in [0.1, 0.15) is 129 Å². The molecule has 0 saturated heterocycles. The Morgan fingerprint density at radius 3 is 1.95 bits per heavy atom. The molecule has 0 heterocycles. The largest absolute Gasteiger partial charge is 0.378 e. The Kier molecular flexibility index (Phi) is 12.6. The highest BCUT2D eigenvalue weighted by atomic mass is 19.2. The monoisotopic (exact) mass is 542 g/mol. The van der Waals surface area contributed by atoms with Gasteiger partial charge in [0, 0.05) is 19.6 Å². The lowest BCUT2D eigenvalue weighted by molar-refractivity contribution is -0.0344. The van der Waals surface area contributed by atoms with Crippen LogP contribution in [0, 0.1) is 35.5 Å². The molecule has 38 heavy (non-hydrogen) atoms. The molecular weight excluding hydrogens is 485 g/mol. The third-order valence-corrected chi connectivity index (χ3v) is 11.1. The van der Waals surface area contributed by atoms with E-state index in [0.717, 1.165) is 103 Å². The fourth-order valence-corrected chi connectivity index (χ4v) is 8.69. The second kappa shape index (κ2) is 15.6. The van der Waals surface area contributed by atoms with Gasteiger partial charge in [0.2, 0.25) is 0 Å². The van der Waals surface area contributed by atoms with Gasteiger partial charge < -0.3 is 9.47 Å². The first-order valence-corrected chi connectivity index (χ1v) is 16.6. The lowest BCUT2D eigenvalue weighted by Gasteiger charge is -2.41. The van der Waals surface area contributed by atoms with Crippen LogP contribution in [0.25, 0.3) is 0 Å². The summed E-state index contributed by atoms with van der Waals surface area (Å²) in [6, 6.07) is 0. The van der Waals surface area contributed by atoms with E-state index < -0.39 is 18.5 Å².